The normalized spacial score (nSPS) is 20.8. The Morgan fingerprint density at radius 2 is 2.11 bits per heavy atom. The lowest BCUT2D eigenvalue weighted by atomic mass is 9.82. The molecule has 1 amide bonds. The second-order valence-corrected chi connectivity index (χ2v) is 9.94. The van der Waals surface area contributed by atoms with Crippen LogP contribution in [0.15, 0.2) is 24.7 Å². The highest BCUT2D eigenvalue weighted by Crippen LogP contribution is 2.41. The minimum absolute atomic E-state index is 0.0459. The Kier molecular flexibility index (Phi) is 6.55. The molecule has 0 bridgehead atoms. The van der Waals surface area contributed by atoms with E-state index in [-0.39, 0.29) is 23.2 Å². The second-order valence-electron chi connectivity index (χ2n) is 9.94. The van der Waals surface area contributed by atoms with Gasteiger partial charge < -0.3 is 14.4 Å². The van der Waals surface area contributed by atoms with E-state index in [1.165, 1.54) is 13.2 Å². The van der Waals surface area contributed by atoms with Gasteiger partial charge in [0.05, 0.1) is 55.8 Å². The fourth-order valence-corrected chi connectivity index (χ4v) is 5.33. The molecule has 0 N–H and O–H groups in total. The van der Waals surface area contributed by atoms with Crippen molar-refractivity contribution >= 4 is 5.91 Å². The molecule has 1 saturated heterocycles. The van der Waals surface area contributed by atoms with Crippen molar-refractivity contribution in [3.63, 3.8) is 0 Å². The number of methoxy groups -OCH3 is 1. The SMILES string of the molecule is CCC(=O)N1CC[C@](C)(C(C)n2cc(-c3nn(-c4cnc(OC)c(F)c4)c4c3CCOCC4)cn2)C1. The van der Waals surface area contributed by atoms with Gasteiger partial charge in [-0.3, -0.25) is 9.48 Å². The number of hydrogen-bond acceptors (Lipinski definition) is 6. The van der Waals surface area contributed by atoms with Crippen molar-refractivity contribution in [1.82, 2.24) is 29.4 Å². The van der Waals surface area contributed by atoms with Crippen LogP contribution in [-0.2, 0) is 22.4 Å². The lowest BCUT2D eigenvalue weighted by Crippen LogP contribution is -2.34. The van der Waals surface area contributed by atoms with E-state index in [0.717, 1.165) is 42.0 Å². The fraction of sp³-hybridized carbons (Fsp3) is 0.538. The number of hydrogen-bond donors (Lipinski definition) is 0. The van der Waals surface area contributed by atoms with Gasteiger partial charge in [-0.1, -0.05) is 13.8 Å². The summed E-state index contributed by atoms with van der Waals surface area (Å²) in [7, 11) is 1.39. The summed E-state index contributed by atoms with van der Waals surface area (Å²) in [5.41, 5.74) is 4.28. The average molecular weight is 497 g/mol. The van der Waals surface area contributed by atoms with E-state index in [0.29, 0.717) is 38.2 Å². The van der Waals surface area contributed by atoms with Gasteiger partial charge >= 0.3 is 0 Å². The Morgan fingerprint density at radius 3 is 2.86 bits per heavy atom. The zero-order chi connectivity index (χ0) is 25.4. The molecular weight excluding hydrogens is 463 g/mol. The Hall–Kier alpha value is -3.27. The molecule has 1 unspecified atom stereocenters. The third-order valence-corrected chi connectivity index (χ3v) is 7.74. The first-order chi connectivity index (χ1) is 17.3. The number of ether oxygens (including phenoxy) is 2. The van der Waals surface area contributed by atoms with Gasteiger partial charge in [0.15, 0.2) is 5.82 Å². The zero-order valence-corrected chi connectivity index (χ0v) is 21.3. The van der Waals surface area contributed by atoms with Crippen LogP contribution >= 0.6 is 0 Å². The third kappa shape index (κ3) is 4.27. The highest BCUT2D eigenvalue weighted by atomic mass is 19.1. The fourth-order valence-electron chi connectivity index (χ4n) is 5.33. The van der Waals surface area contributed by atoms with Gasteiger partial charge in [-0.2, -0.15) is 10.2 Å². The van der Waals surface area contributed by atoms with Crippen molar-refractivity contribution in [3.05, 3.63) is 41.7 Å². The van der Waals surface area contributed by atoms with Gasteiger partial charge in [0, 0.05) is 54.7 Å². The number of pyridine rings is 1. The van der Waals surface area contributed by atoms with Crippen LogP contribution in [0.2, 0.25) is 0 Å². The van der Waals surface area contributed by atoms with E-state index in [9.17, 15) is 9.18 Å². The Labute approximate surface area is 210 Å². The molecule has 0 radical (unpaired) electrons. The van der Waals surface area contributed by atoms with Crippen LogP contribution in [0.3, 0.4) is 0 Å². The van der Waals surface area contributed by atoms with Crippen LogP contribution < -0.4 is 4.74 Å². The standard InChI is InChI=1S/C26H33FN6O3/c1-5-23(34)31-9-8-26(3,16-31)17(2)32-15-18(13-29-32)24-20-6-10-36-11-7-22(20)33(30-24)19-12-21(27)25(35-4)28-14-19/h12-15,17H,5-11,16H2,1-4H3/t17?,26-/m0/s1. The predicted molar refractivity (Wildman–Crippen MR) is 132 cm³/mol. The van der Waals surface area contributed by atoms with Crippen LogP contribution in [-0.4, -0.2) is 68.8 Å². The highest BCUT2D eigenvalue weighted by Gasteiger charge is 2.41. The van der Waals surface area contributed by atoms with Crippen molar-refractivity contribution in [1.29, 1.82) is 0 Å². The summed E-state index contributed by atoms with van der Waals surface area (Å²) in [6, 6.07) is 1.49. The topological polar surface area (TPSA) is 87.3 Å². The quantitative estimate of drug-likeness (QED) is 0.518. The Balaban J connectivity index is 1.48. The van der Waals surface area contributed by atoms with E-state index < -0.39 is 5.82 Å². The molecular formula is C26H33FN6O3. The predicted octanol–water partition coefficient (Wildman–Crippen LogP) is 3.60. The van der Waals surface area contributed by atoms with Crippen molar-refractivity contribution in [2.45, 2.75) is 52.5 Å². The first-order valence-corrected chi connectivity index (χ1v) is 12.6. The Bertz CT molecular complexity index is 1270. The lowest BCUT2D eigenvalue weighted by Gasteiger charge is -2.31. The minimum Gasteiger partial charge on any atom is -0.479 e. The number of amides is 1. The summed E-state index contributed by atoms with van der Waals surface area (Å²) in [5, 5.41) is 9.62. The van der Waals surface area contributed by atoms with E-state index >= 15 is 0 Å². The lowest BCUT2D eigenvalue weighted by molar-refractivity contribution is -0.130. The molecule has 1 fully saturated rings. The first kappa shape index (κ1) is 24.4. The minimum atomic E-state index is -0.535. The third-order valence-electron chi connectivity index (χ3n) is 7.74. The van der Waals surface area contributed by atoms with Crippen molar-refractivity contribution in [2.75, 3.05) is 33.4 Å². The molecule has 2 atom stereocenters. The van der Waals surface area contributed by atoms with Crippen LogP contribution in [0.5, 0.6) is 5.88 Å². The maximum absolute atomic E-state index is 14.5. The summed E-state index contributed by atoms with van der Waals surface area (Å²) in [4.78, 5) is 18.3. The van der Waals surface area contributed by atoms with Crippen LogP contribution in [0.1, 0.15) is 50.9 Å². The van der Waals surface area contributed by atoms with Gasteiger partial charge in [0.1, 0.15) is 0 Å². The summed E-state index contributed by atoms with van der Waals surface area (Å²) in [6.45, 7) is 8.99. The molecule has 36 heavy (non-hydrogen) atoms. The average Bonchev–Trinajstić information content (AvgIpc) is 3.57. The van der Waals surface area contributed by atoms with Gasteiger partial charge in [-0.05, 0) is 19.8 Å². The van der Waals surface area contributed by atoms with Crippen molar-refractivity contribution < 1.29 is 18.7 Å². The molecule has 0 aromatic carbocycles. The molecule has 3 aromatic heterocycles. The molecule has 0 aliphatic carbocycles. The second kappa shape index (κ2) is 9.65. The number of carbonyl (C=O) groups excluding carboxylic acids is 1. The monoisotopic (exact) mass is 496 g/mol. The summed E-state index contributed by atoms with van der Waals surface area (Å²) in [6.07, 6.45) is 8.29. The molecule has 2 aliphatic rings. The van der Waals surface area contributed by atoms with Crippen molar-refractivity contribution in [2.24, 2.45) is 5.41 Å². The van der Waals surface area contributed by atoms with E-state index in [2.05, 4.69) is 18.8 Å². The number of rotatable bonds is 6. The Morgan fingerprint density at radius 1 is 1.31 bits per heavy atom. The van der Waals surface area contributed by atoms with E-state index in [4.69, 9.17) is 19.7 Å². The molecule has 5 rings (SSSR count). The number of halogens is 1. The van der Waals surface area contributed by atoms with E-state index in [1.54, 1.807) is 10.9 Å². The van der Waals surface area contributed by atoms with Gasteiger partial charge in [-0.15, -0.1) is 0 Å². The maximum Gasteiger partial charge on any atom is 0.250 e. The van der Waals surface area contributed by atoms with Crippen molar-refractivity contribution in [3.8, 4) is 22.8 Å². The smallest absolute Gasteiger partial charge is 0.250 e. The molecule has 192 valence electrons. The number of likely N-dealkylation sites (tertiary alicyclic amines) is 1. The largest absolute Gasteiger partial charge is 0.479 e. The molecule has 5 heterocycles. The summed E-state index contributed by atoms with van der Waals surface area (Å²) >= 11 is 0. The van der Waals surface area contributed by atoms with E-state index in [1.807, 2.05) is 28.9 Å². The maximum atomic E-state index is 14.5. The zero-order valence-electron chi connectivity index (χ0n) is 21.3. The van der Waals surface area contributed by atoms with Crippen LogP contribution in [0, 0.1) is 11.2 Å². The molecule has 9 nitrogen and oxygen atoms in total. The molecule has 10 heteroatoms. The number of fused-ring (bicyclic) bond motifs is 1. The number of aromatic nitrogens is 5. The first-order valence-electron chi connectivity index (χ1n) is 12.6. The summed E-state index contributed by atoms with van der Waals surface area (Å²) < 4.78 is 28.9. The van der Waals surface area contributed by atoms with Gasteiger partial charge in [-0.25, -0.2) is 14.1 Å². The number of carbonyl (C=O) groups is 1. The van der Waals surface area contributed by atoms with Gasteiger partial charge in [0.25, 0.3) is 0 Å². The van der Waals surface area contributed by atoms with Crippen LogP contribution in [0.25, 0.3) is 16.9 Å². The van der Waals surface area contributed by atoms with Crippen LogP contribution in [0.4, 0.5) is 4.39 Å². The molecule has 0 saturated carbocycles. The van der Waals surface area contributed by atoms with Gasteiger partial charge in [0.2, 0.25) is 11.8 Å². The summed E-state index contributed by atoms with van der Waals surface area (Å²) in [5.74, 6) is -0.380. The molecule has 2 aliphatic heterocycles. The molecule has 0 spiro atoms. The highest BCUT2D eigenvalue weighted by molar-refractivity contribution is 5.76. The number of nitrogens with zero attached hydrogens (tertiary/aromatic N) is 6. The molecule has 3 aromatic rings.